The number of aliphatic hydroxyl groups excluding tert-OH is 1. The summed E-state index contributed by atoms with van der Waals surface area (Å²) < 4.78 is 5.31. The molecule has 1 saturated heterocycles. The van der Waals surface area contributed by atoms with E-state index in [4.69, 9.17) is 4.74 Å². The van der Waals surface area contributed by atoms with Gasteiger partial charge in [0.25, 0.3) is 0 Å². The van der Waals surface area contributed by atoms with Gasteiger partial charge in [0.2, 0.25) is 0 Å². The summed E-state index contributed by atoms with van der Waals surface area (Å²) in [7, 11) is 0. The lowest BCUT2D eigenvalue weighted by Crippen LogP contribution is -2.55. The molecule has 0 aromatic carbocycles. The Kier molecular flexibility index (Phi) is 5.00. The second-order valence-corrected chi connectivity index (χ2v) is 7.48. The zero-order valence-corrected chi connectivity index (χ0v) is 12.8. The van der Waals surface area contributed by atoms with Crippen molar-refractivity contribution in [3.8, 4) is 0 Å². The molecule has 0 amide bonds. The molecule has 3 rings (SSSR count). The molecule has 20 heavy (non-hydrogen) atoms. The quantitative estimate of drug-likeness (QED) is 0.814. The molecule has 1 aliphatic heterocycles. The number of hydrogen-bond acceptors (Lipinski definition) is 3. The Morgan fingerprint density at radius 2 is 1.65 bits per heavy atom. The summed E-state index contributed by atoms with van der Waals surface area (Å²) in [5, 5.41) is 13.4. The zero-order chi connectivity index (χ0) is 13.8. The lowest BCUT2D eigenvalue weighted by atomic mass is 9.70. The zero-order valence-electron chi connectivity index (χ0n) is 12.8. The summed E-state index contributed by atoms with van der Waals surface area (Å²) in [5.74, 6) is 1.85. The Labute approximate surface area is 123 Å². The lowest BCUT2D eigenvalue weighted by Gasteiger charge is -2.44. The van der Waals surface area contributed by atoms with Crippen LogP contribution in [-0.4, -0.2) is 37.5 Å². The SMILES string of the molecule is OCC1(CNC2CCCCC2C2CCCCC2)COC1. The molecule has 0 spiro atoms. The van der Waals surface area contributed by atoms with E-state index in [1.54, 1.807) is 0 Å². The van der Waals surface area contributed by atoms with E-state index in [9.17, 15) is 5.11 Å². The molecule has 1 heterocycles. The molecule has 0 aromatic heterocycles. The maximum atomic E-state index is 9.56. The molecule has 2 atom stereocenters. The van der Waals surface area contributed by atoms with E-state index in [1.807, 2.05) is 0 Å². The second kappa shape index (κ2) is 6.76. The van der Waals surface area contributed by atoms with Crippen LogP contribution in [0.1, 0.15) is 57.8 Å². The van der Waals surface area contributed by atoms with Gasteiger partial charge in [0.05, 0.1) is 25.2 Å². The number of aliphatic hydroxyl groups is 1. The van der Waals surface area contributed by atoms with Crippen molar-refractivity contribution in [2.24, 2.45) is 17.3 Å². The highest BCUT2D eigenvalue weighted by Gasteiger charge is 2.40. The Balaban J connectivity index is 1.54. The minimum absolute atomic E-state index is 0.0224. The summed E-state index contributed by atoms with van der Waals surface area (Å²) in [6, 6.07) is 0.691. The average Bonchev–Trinajstić information content (AvgIpc) is 2.48. The lowest BCUT2D eigenvalue weighted by molar-refractivity contribution is -0.136. The fraction of sp³-hybridized carbons (Fsp3) is 1.00. The van der Waals surface area contributed by atoms with E-state index in [0.29, 0.717) is 6.04 Å². The topological polar surface area (TPSA) is 41.5 Å². The van der Waals surface area contributed by atoms with Crippen LogP contribution in [0.15, 0.2) is 0 Å². The molecule has 3 heteroatoms. The van der Waals surface area contributed by atoms with Crippen LogP contribution in [0.25, 0.3) is 0 Å². The molecule has 2 N–H and O–H groups in total. The molecule has 0 aromatic rings. The summed E-state index contributed by atoms with van der Waals surface area (Å²) in [5.41, 5.74) is 0.0224. The first-order chi connectivity index (χ1) is 9.83. The van der Waals surface area contributed by atoms with E-state index in [0.717, 1.165) is 31.6 Å². The van der Waals surface area contributed by atoms with E-state index in [1.165, 1.54) is 57.8 Å². The Hall–Kier alpha value is -0.120. The van der Waals surface area contributed by atoms with E-state index in [2.05, 4.69) is 5.32 Å². The number of rotatable bonds is 5. The van der Waals surface area contributed by atoms with Gasteiger partial charge in [-0.15, -0.1) is 0 Å². The normalized spacial score (nSPS) is 34.6. The highest BCUT2D eigenvalue weighted by Crippen LogP contribution is 2.39. The molecule has 0 radical (unpaired) electrons. The molecule has 3 nitrogen and oxygen atoms in total. The van der Waals surface area contributed by atoms with Crippen LogP contribution in [0.5, 0.6) is 0 Å². The van der Waals surface area contributed by atoms with E-state index >= 15 is 0 Å². The van der Waals surface area contributed by atoms with Crippen molar-refractivity contribution in [3.63, 3.8) is 0 Å². The molecular formula is C17H31NO2. The standard InChI is InChI=1S/C17H31NO2/c19-11-17(12-20-13-17)10-18-16-9-5-4-8-15(16)14-6-2-1-3-7-14/h14-16,18-19H,1-13H2. The van der Waals surface area contributed by atoms with E-state index in [-0.39, 0.29) is 12.0 Å². The van der Waals surface area contributed by atoms with Gasteiger partial charge in [-0.3, -0.25) is 0 Å². The van der Waals surface area contributed by atoms with Gasteiger partial charge in [0, 0.05) is 12.6 Å². The van der Waals surface area contributed by atoms with E-state index < -0.39 is 0 Å². The average molecular weight is 281 g/mol. The van der Waals surface area contributed by atoms with Crippen molar-refractivity contribution in [1.29, 1.82) is 0 Å². The third-order valence-corrected chi connectivity index (χ3v) is 5.97. The first kappa shape index (κ1) is 14.8. The number of nitrogens with one attached hydrogen (secondary N) is 1. The molecule has 2 aliphatic carbocycles. The van der Waals surface area contributed by atoms with Crippen LogP contribution in [0.2, 0.25) is 0 Å². The maximum Gasteiger partial charge on any atom is 0.0579 e. The first-order valence-electron chi connectivity index (χ1n) is 8.75. The number of hydrogen-bond donors (Lipinski definition) is 2. The van der Waals surface area contributed by atoms with Crippen LogP contribution >= 0.6 is 0 Å². The van der Waals surface area contributed by atoms with Gasteiger partial charge in [-0.05, 0) is 24.7 Å². The fourth-order valence-corrected chi connectivity index (χ4v) is 4.53. The Bertz CT molecular complexity index is 292. The van der Waals surface area contributed by atoms with Crippen molar-refractivity contribution in [2.45, 2.75) is 63.8 Å². The Morgan fingerprint density at radius 1 is 0.950 bits per heavy atom. The van der Waals surface area contributed by atoms with Crippen molar-refractivity contribution in [3.05, 3.63) is 0 Å². The predicted molar refractivity (Wildman–Crippen MR) is 80.7 cm³/mol. The smallest absolute Gasteiger partial charge is 0.0579 e. The molecule has 3 aliphatic rings. The highest BCUT2D eigenvalue weighted by atomic mass is 16.5. The van der Waals surface area contributed by atoms with Gasteiger partial charge in [0.1, 0.15) is 0 Å². The largest absolute Gasteiger partial charge is 0.396 e. The third kappa shape index (κ3) is 3.20. The third-order valence-electron chi connectivity index (χ3n) is 5.97. The van der Waals surface area contributed by atoms with Gasteiger partial charge in [-0.2, -0.15) is 0 Å². The van der Waals surface area contributed by atoms with Crippen LogP contribution in [0, 0.1) is 17.3 Å². The molecule has 116 valence electrons. The minimum atomic E-state index is 0.0224. The van der Waals surface area contributed by atoms with Gasteiger partial charge in [0.15, 0.2) is 0 Å². The summed E-state index contributed by atoms with van der Waals surface area (Å²) >= 11 is 0. The van der Waals surface area contributed by atoms with Crippen molar-refractivity contribution >= 4 is 0 Å². The Morgan fingerprint density at radius 3 is 2.30 bits per heavy atom. The monoisotopic (exact) mass is 281 g/mol. The number of ether oxygens (including phenoxy) is 1. The molecular weight excluding hydrogens is 250 g/mol. The predicted octanol–water partition coefficient (Wildman–Crippen LogP) is 2.72. The molecule has 3 fully saturated rings. The first-order valence-corrected chi connectivity index (χ1v) is 8.75. The van der Waals surface area contributed by atoms with Gasteiger partial charge in [-0.1, -0.05) is 44.9 Å². The maximum absolute atomic E-state index is 9.56. The van der Waals surface area contributed by atoms with Gasteiger partial charge in [-0.25, -0.2) is 0 Å². The minimum Gasteiger partial charge on any atom is -0.396 e. The van der Waals surface area contributed by atoms with Crippen LogP contribution in [0.3, 0.4) is 0 Å². The van der Waals surface area contributed by atoms with Gasteiger partial charge >= 0.3 is 0 Å². The van der Waals surface area contributed by atoms with Crippen LogP contribution in [0.4, 0.5) is 0 Å². The van der Waals surface area contributed by atoms with Crippen LogP contribution < -0.4 is 5.32 Å². The van der Waals surface area contributed by atoms with Crippen molar-refractivity contribution in [1.82, 2.24) is 5.32 Å². The van der Waals surface area contributed by atoms with Crippen molar-refractivity contribution in [2.75, 3.05) is 26.4 Å². The summed E-state index contributed by atoms with van der Waals surface area (Å²) in [4.78, 5) is 0. The van der Waals surface area contributed by atoms with Gasteiger partial charge < -0.3 is 15.2 Å². The second-order valence-electron chi connectivity index (χ2n) is 7.48. The summed E-state index contributed by atoms with van der Waals surface area (Å²) in [6.07, 6.45) is 12.8. The summed E-state index contributed by atoms with van der Waals surface area (Å²) in [6.45, 7) is 2.67. The highest BCUT2D eigenvalue weighted by molar-refractivity contribution is 4.92. The molecule has 2 unspecified atom stereocenters. The van der Waals surface area contributed by atoms with Crippen LogP contribution in [-0.2, 0) is 4.74 Å². The molecule has 0 bridgehead atoms. The fourth-order valence-electron chi connectivity index (χ4n) is 4.53. The van der Waals surface area contributed by atoms with Crippen molar-refractivity contribution < 1.29 is 9.84 Å². The molecule has 2 saturated carbocycles.